The molecule has 0 radical (unpaired) electrons. The van der Waals surface area contributed by atoms with Crippen LogP contribution in [0.4, 0.5) is 5.69 Å². The van der Waals surface area contributed by atoms with Crippen LogP contribution in [-0.4, -0.2) is 41.8 Å². The van der Waals surface area contributed by atoms with Crippen LogP contribution in [0.2, 0.25) is 0 Å². The van der Waals surface area contributed by atoms with Crippen LogP contribution in [0, 0.1) is 10.1 Å². The first kappa shape index (κ1) is 12.6. The van der Waals surface area contributed by atoms with Gasteiger partial charge in [-0.05, 0) is 12.1 Å². The van der Waals surface area contributed by atoms with E-state index in [1.807, 2.05) is 14.1 Å². The number of non-ortho nitro benzene ring substituents is 1. The molecule has 0 heterocycles. The number of quaternary nitrogens is 1. The Balaban J connectivity index is 2.72. The van der Waals surface area contributed by atoms with Crippen LogP contribution < -0.4 is 0 Å². The third-order valence-electron chi connectivity index (χ3n) is 2.46. The van der Waals surface area contributed by atoms with Gasteiger partial charge >= 0.3 is 0 Å². The van der Waals surface area contributed by atoms with Crippen LogP contribution in [-0.2, 0) is 6.54 Å². The summed E-state index contributed by atoms with van der Waals surface area (Å²) < 4.78 is 0.661. The molecule has 5 heteroatoms. The standard InChI is InChI=1S/C11H17N2O3/c1-13(2,7-8-14)9-10-3-5-11(6-4-10)12(15)16/h3-6,14H,7-9H2,1-2H3/q+1. The van der Waals surface area contributed by atoms with Gasteiger partial charge in [0.05, 0.1) is 25.6 Å². The van der Waals surface area contributed by atoms with Crippen molar-refractivity contribution in [1.82, 2.24) is 0 Å². The quantitative estimate of drug-likeness (QED) is 0.464. The fourth-order valence-corrected chi connectivity index (χ4v) is 1.57. The van der Waals surface area contributed by atoms with E-state index in [-0.39, 0.29) is 12.3 Å². The molecule has 1 aromatic carbocycles. The maximum atomic E-state index is 10.5. The average Bonchev–Trinajstić information content (AvgIpc) is 2.17. The van der Waals surface area contributed by atoms with Gasteiger partial charge in [-0.15, -0.1) is 0 Å². The van der Waals surface area contributed by atoms with Gasteiger partial charge in [0.1, 0.15) is 13.1 Å². The van der Waals surface area contributed by atoms with E-state index in [9.17, 15) is 10.1 Å². The van der Waals surface area contributed by atoms with E-state index >= 15 is 0 Å². The molecule has 0 spiro atoms. The van der Waals surface area contributed by atoms with E-state index in [0.717, 1.165) is 12.1 Å². The first-order valence-electron chi connectivity index (χ1n) is 5.11. The van der Waals surface area contributed by atoms with Gasteiger partial charge in [-0.25, -0.2) is 0 Å². The molecule has 0 saturated carbocycles. The summed E-state index contributed by atoms with van der Waals surface area (Å²) in [6.45, 7) is 1.55. The van der Waals surface area contributed by atoms with Gasteiger partial charge < -0.3 is 9.59 Å². The normalized spacial score (nSPS) is 11.4. The van der Waals surface area contributed by atoms with Crippen molar-refractivity contribution in [3.8, 4) is 0 Å². The molecule has 0 aliphatic heterocycles. The fourth-order valence-electron chi connectivity index (χ4n) is 1.57. The van der Waals surface area contributed by atoms with Gasteiger partial charge in [0.25, 0.3) is 5.69 Å². The number of nitro benzene ring substituents is 1. The summed E-state index contributed by atoms with van der Waals surface area (Å²) in [7, 11) is 4.02. The number of nitrogens with zero attached hydrogens (tertiary/aromatic N) is 2. The Kier molecular flexibility index (Phi) is 3.98. The van der Waals surface area contributed by atoms with Crippen molar-refractivity contribution in [1.29, 1.82) is 0 Å². The average molecular weight is 225 g/mol. The van der Waals surface area contributed by atoms with Gasteiger partial charge in [0.2, 0.25) is 0 Å². The lowest BCUT2D eigenvalue weighted by Gasteiger charge is -2.28. The third-order valence-corrected chi connectivity index (χ3v) is 2.46. The largest absolute Gasteiger partial charge is 0.391 e. The number of nitro groups is 1. The molecule has 0 aliphatic rings. The lowest BCUT2D eigenvalue weighted by atomic mass is 10.2. The summed E-state index contributed by atoms with van der Waals surface area (Å²) in [5.74, 6) is 0. The Morgan fingerprint density at radius 2 is 1.88 bits per heavy atom. The molecule has 0 aromatic heterocycles. The minimum Gasteiger partial charge on any atom is -0.391 e. The maximum Gasteiger partial charge on any atom is 0.269 e. The van der Waals surface area contributed by atoms with E-state index in [2.05, 4.69) is 0 Å². The topological polar surface area (TPSA) is 63.4 Å². The van der Waals surface area contributed by atoms with Crippen molar-refractivity contribution in [2.75, 3.05) is 27.2 Å². The van der Waals surface area contributed by atoms with E-state index in [4.69, 9.17) is 5.11 Å². The molecular weight excluding hydrogens is 208 g/mol. The highest BCUT2D eigenvalue weighted by atomic mass is 16.6. The van der Waals surface area contributed by atoms with Crippen LogP contribution in [0.1, 0.15) is 5.56 Å². The third kappa shape index (κ3) is 3.60. The van der Waals surface area contributed by atoms with Crippen LogP contribution >= 0.6 is 0 Å². The number of hydrogen-bond acceptors (Lipinski definition) is 3. The molecule has 0 bridgehead atoms. The Morgan fingerprint density at radius 3 is 2.31 bits per heavy atom. The molecule has 16 heavy (non-hydrogen) atoms. The Morgan fingerprint density at radius 1 is 1.31 bits per heavy atom. The smallest absolute Gasteiger partial charge is 0.269 e. The van der Waals surface area contributed by atoms with Gasteiger partial charge in [-0.1, -0.05) is 0 Å². The van der Waals surface area contributed by atoms with Crippen molar-refractivity contribution < 1.29 is 14.5 Å². The van der Waals surface area contributed by atoms with Crippen LogP contribution in [0.3, 0.4) is 0 Å². The molecule has 5 nitrogen and oxygen atoms in total. The first-order chi connectivity index (χ1) is 7.44. The molecule has 0 saturated heterocycles. The summed E-state index contributed by atoms with van der Waals surface area (Å²) in [5.41, 5.74) is 1.14. The minimum atomic E-state index is -0.405. The van der Waals surface area contributed by atoms with E-state index in [1.54, 1.807) is 12.1 Å². The second-order valence-electron chi connectivity index (χ2n) is 4.46. The summed E-state index contributed by atoms with van der Waals surface area (Å²) >= 11 is 0. The highest BCUT2D eigenvalue weighted by Crippen LogP contribution is 2.14. The van der Waals surface area contributed by atoms with E-state index in [1.165, 1.54) is 12.1 Å². The zero-order chi connectivity index (χ0) is 12.2. The van der Waals surface area contributed by atoms with Gasteiger partial charge in [0, 0.05) is 17.7 Å². The molecule has 1 N–H and O–H groups in total. The number of aliphatic hydroxyl groups excluding tert-OH is 1. The SMILES string of the molecule is C[N+](C)(CCO)Cc1ccc([N+](=O)[O-])cc1. The number of likely N-dealkylation sites (N-methyl/N-ethyl adjacent to an activating group) is 1. The van der Waals surface area contributed by atoms with Gasteiger partial charge in [-0.2, -0.15) is 0 Å². The van der Waals surface area contributed by atoms with Gasteiger partial charge in [-0.3, -0.25) is 10.1 Å². The molecule has 0 amide bonds. The number of rotatable bonds is 5. The van der Waals surface area contributed by atoms with Crippen LogP contribution in [0.5, 0.6) is 0 Å². The predicted octanol–water partition coefficient (Wildman–Crippen LogP) is 1.16. The van der Waals surface area contributed by atoms with Crippen molar-refractivity contribution in [2.24, 2.45) is 0 Å². The molecule has 1 rings (SSSR count). The van der Waals surface area contributed by atoms with Crippen molar-refractivity contribution in [3.63, 3.8) is 0 Å². The summed E-state index contributed by atoms with van der Waals surface area (Å²) in [6, 6.07) is 6.54. The molecule has 0 atom stereocenters. The number of benzene rings is 1. The fraction of sp³-hybridized carbons (Fsp3) is 0.455. The molecule has 0 unspecified atom stereocenters. The predicted molar refractivity (Wildman–Crippen MR) is 60.9 cm³/mol. The first-order valence-corrected chi connectivity index (χ1v) is 5.11. The molecule has 0 fully saturated rings. The zero-order valence-electron chi connectivity index (χ0n) is 9.59. The van der Waals surface area contributed by atoms with E-state index < -0.39 is 4.92 Å². The van der Waals surface area contributed by atoms with E-state index in [0.29, 0.717) is 11.0 Å². The highest BCUT2D eigenvalue weighted by molar-refractivity contribution is 5.32. The summed E-state index contributed by atoms with van der Waals surface area (Å²) in [6.07, 6.45) is 0. The van der Waals surface area contributed by atoms with Crippen molar-refractivity contribution in [3.05, 3.63) is 39.9 Å². The maximum absolute atomic E-state index is 10.5. The Labute approximate surface area is 94.7 Å². The van der Waals surface area contributed by atoms with Gasteiger partial charge in [0.15, 0.2) is 0 Å². The molecule has 1 aromatic rings. The summed E-state index contributed by atoms with van der Waals surface area (Å²) in [5, 5.41) is 19.4. The monoisotopic (exact) mass is 225 g/mol. The number of aliphatic hydroxyl groups is 1. The Hall–Kier alpha value is -1.46. The van der Waals surface area contributed by atoms with Crippen molar-refractivity contribution >= 4 is 5.69 Å². The second-order valence-corrected chi connectivity index (χ2v) is 4.46. The zero-order valence-corrected chi connectivity index (χ0v) is 9.59. The highest BCUT2D eigenvalue weighted by Gasteiger charge is 2.15. The Bertz CT molecular complexity index is 360. The lowest BCUT2D eigenvalue weighted by molar-refractivity contribution is -0.903. The number of hydrogen-bond donors (Lipinski definition) is 1. The van der Waals surface area contributed by atoms with Crippen LogP contribution in [0.15, 0.2) is 24.3 Å². The molecule has 88 valence electrons. The summed E-state index contributed by atoms with van der Waals surface area (Å²) in [4.78, 5) is 10.1. The van der Waals surface area contributed by atoms with Crippen molar-refractivity contribution in [2.45, 2.75) is 6.54 Å². The second kappa shape index (κ2) is 5.05. The lowest BCUT2D eigenvalue weighted by Crippen LogP contribution is -2.40. The molecule has 0 aliphatic carbocycles. The minimum absolute atomic E-state index is 0.108. The van der Waals surface area contributed by atoms with Crippen LogP contribution in [0.25, 0.3) is 0 Å². The molecular formula is C11H17N2O3+.